The molecule has 3 fully saturated rings. The standard InChI is InChI=1S/C41H35F3N8O3/c1-4-29-32(43)10-9-23-13-28(53)14-30(35(23)29)37-36(44)38-31(17-47-37)39(50-20-27-12-24(16-45)33(21-50)52(27)34(54)5-2)49-40(48-38)55-22-41(3)15-25(42)18-51(41)19-26-8-6-7-11-46-26/h1,5-11,13-14,17,24-25,27,33,53H,2,12,15,18-22H2,3H3/t24?,25-,27-,33-,41+/m1/s1. The largest absolute Gasteiger partial charge is 0.508 e. The molecule has 2 aromatic carbocycles. The molecule has 6 heterocycles. The van der Waals surface area contributed by atoms with Gasteiger partial charge in [-0.3, -0.25) is 19.7 Å². The molecule has 5 atom stereocenters. The lowest BCUT2D eigenvalue weighted by atomic mass is 9.96. The van der Waals surface area contributed by atoms with Gasteiger partial charge in [0.05, 0.1) is 46.3 Å². The molecule has 8 rings (SSSR count). The van der Waals surface area contributed by atoms with E-state index >= 15 is 8.78 Å². The maximum absolute atomic E-state index is 17.1. The molecule has 0 aliphatic carbocycles. The van der Waals surface area contributed by atoms with Crippen molar-refractivity contribution in [3.8, 4) is 41.4 Å². The summed E-state index contributed by atoms with van der Waals surface area (Å²) < 4.78 is 53.4. The number of carbonyl (C=O) groups is 1. The number of halogens is 3. The third-order valence-electron chi connectivity index (χ3n) is 11.0. The molecular weight excluding hydrogens is 709 g/mol. The monoisotopic (exact) mass is 744 g/mol. The average Bonchev–Trinajstić information content (AvgIpc) is 3.59. The number of terminal acetylenes is 1. The van der Waals surface area contributed by atoms with Crippen molar-refractivity contribution in [2.24, 2.45) is 5.92 Å². The first kappa shape index (κ1) is 35.8. The number of benzene rings is 2. The van der Waals surface area contributed by atoms with Gasteiger partial charge in [-0.2, -0.15) is 15.2 Å². The Bertz CT molecular complexity index is 2450. The second-order valence-electron chi connectivity index (χ2n) is 14.5. The Morgan fingerprint density at radius 1 is 1.18 bits per heavy atom. The van der Waals surface area contributed by atoms with Gasteiger partial charge in [-0.1, -0.05) is 24.6 Å². The quantitative estimate of drug-likeness (QED) is 0.156. The zero-order chi connectivity index (χ0) is 38.6. The van der Waals surface area contributed by atoms with E-state index in [1.54, 1.807) is 17.2 Å². The number of amides is 1. The van der Waals surface area contributed by atoms with E-state index in [-0.39, 0.29) is 95.3 Å². The third kappa shape index (κ3) is 6.22. The number of hydrogen-bond donors (Lipinski definition) is 1. The van der Waals surface area contributed by atoms with Crippen LogP contribution in [0.3, 0.4) is 0 Å². The first-order chi connectivity index (χ1) is 26.5. The molecule has 2 bridgehead atoms. The Morgan fingerprint density at radius 3 is 2.76 bits per heavy atom. The number of anilines is 1. The van der Waals surface area contributed by atoms with Gasteiger partial charge in [-0.05, 0) is 55.1 Å². The minimum atomic E-state index is -1.12. The predicted octanol–water partition coefficient (Wildman–Crippen LogP) is 5.70. The first-order valence-electron chi connectivity index (χ1n) is 17.8. The molecule has 55 heavy (non-hydrogen) atoms. The van der Waals surface area contributed by atoms with Crippen molar-refractivity contribution in [2.45, 2.75) is 50.1 Å². The Labute approximate surface area is 314 Å². The number of phenolic OH excluding ortho intramolecular Hbond substituents is 1. The van der Waals surface area contributed by atoms with E-state index in [2.05, 4.69) is 33.5 Å². The predicted molar refractivity (Wildman–Crippen MR) is 198 cm³/mol. The molecule has 0 spiro atoms. The van der Waals surface area contributed by atoms with Crippen LogP contribution >= 0.6 is 0 Å². The molecule has 3 aliphatic rings. The van der Waals surface area contributed by atoms with Crippen LogP contribution in [-0.4, -0.2) is 90.8 Å². The summed E-state index contributed by atoms with van der Waals surface area (Å²) in [6.45, 7) is 6.48. The number of aromatic nitrogens is 4. The molecule has 1 amide bonds. The van der Waals surface area contributed by atoms with Gasteiger partial charge >= 0.3 is 6.01 Å². The summed E-state index contributed by atoms with van der Waals surface area (Å²) in [5.41, 5.74) is -0.541. The van der Waals surface area contributed by atoms with Gasteiger partial charge in [-0.15, -0.1) is 6.42 Å². The van der Waals surface area contributed by atoms with Crippen LogP contribution in [0.5, 0.6) is 11.8 Å². The molecule has 3 aliphatic heterocycles. The highest BCUT2D eigenvalue weighted by Gasteiger charge is 2.49. The fraction of sp³-hybridized carbons (Fsp3) is 0.317. The maximum Gasteiger partial charge on any atom is 0.319 e. The lowest BCUT2D eigenvalue weighted by molar-refractivity contribution is -0.129. The molecule has 11 nitrogen and oxygen atoms in total. The summed E-state index contributed by atoms with van der Waals surface area (Å²) in [6.07, 6.45) is 9.49. The Balaban J connectivity index is 1.24. The Hall–Kier alpha value is -6.25. The highest BCUT2D eigenvalue weighted by atomic mass is 19.1. The highest BCUT2D eigenvalue weighted by molar-refractivity contribution is 6.03. The van der Waals surface area contributed by atoms with Crippen LogP contribution in [0.4, 0.5) is 19.0 Å². The van der Waals surface area contributed by atoms with E-state index in [9.17, 15) is 19.6 Å². The zero-order valence-corrected chi connectivity index (χ0v) is 29.8. The first-order valence-corrected chi connectivity index (χ1v) is 17.8. The van der Waals surface area contributed by atoms with Crippen LogP contribution in [-0.2, 0) is 11.3 Å². The van der Waals surface area contributed by atoms with Crippen LogP contribution in [0.1, 0.15) is 31.0 Å². The lowest BCUT2D eigenvalue weighted by Crippen LogP contribution is -2.56. The minimum Gasteiger partial charge on any atom is -0.508 e. The summed E-state index contributed by atoms with van der Waals surface area (Å²) in [7, 11) is 0. The molecule has 0 saturated carbocycles. The van der Waals surface area contributed by atoms with Gasteiger partial charge in [0.25, 0.3) is 0 Å². The second kappa shape index (κ2) is 13.9. The second-order valence-corrected chi connectivity index (χ2v) is 14.5. The molecule has 1 N–H and O–H groups in total. The normalized spacial score (nSPS) is 23.5. The number of alkyl halides is 1. The third-order valence-corrected chi connectivity index (χ3v) is 11.0. The van der Waals surface area contributed by atoms with Crippen LogP contribution in [0, 0.1) is 41.2 Å². The highest BCUT2D eigenvalue weighted by Crippen LogP contribution is 2.42. The molecule has 3 saturated heterocycles. The SMILES string of the molecule is C#Cc1c(F)ccc2cc(O)cc(-c3ncc4c(N5C[C@H]6CC(C#N)[C@@H](C5)N6C(=O)C=C)nc(OC[C@]5(C)C[C@@H](F)CN5Cc5ccccn5)nc4c3F)c12. The van der Waals surface area contributed by atoms with E-state index in [4.69, 9.17) is 16.1 Å². The van der Waals surface area contributed by atoms with Crippen molar-refractivity contribution >= 4 is 33.4 Å². The van der Waals surface area contributed by atoms with Crippen LogP contribution in [0.25, 0.3) is 32.9 Å². The average molecular weight is 745 g/mol. The Morgan fingerprint density at radius 2 is 2.02 bits per heavy atom. The number of aromatic hydroxyl groups is 1. The number of likely N-dealkylation sites (tertiary alicyclic amines) is 1. The van der Waals surface area contributed by atoms with Crippen molar-refractivity contribution in [1.82, 2.24) is 29.7 Å². The topological polar surface area (TPSA) is 132 Å². The van der Waals surface area contributed by atoms with Crippen LogP contribution in [0.15, 0.2) is 67.5 Å². The molecule has 3 aromatic heterocycles. The van der Waals surface area contributed by atoms with Crippen LogP contribution in [0.2, 0.25) is 0 Å². The minimum absolute atomic E-state index is 0.0455. The number of fused-ring (bicyclic) bond motifs is 4. The van der Waals surface area contributed by atoms with E-state index in [0.717, 1.165) is 5.69 Å². The summed E-state index contributed by atoms with van der Waals surface area (Å²) in [5, 5.41) is 21.4. The van der Waals surface area contributed by atoms with Gasteiger partial charge in [0.15, 0.2) is 5.82 Å². The number of hydrogen-bond acceptors (Lipinski definition) is 10. The van der Waals surface area contributed by atoms with Gasteiger partial charge in [0, 0.05) is 55.9 Å². The number of rotatable bonds is 8. The smallest absolute Gasteiger partial charge is 0.319 e. The van der Waals surface area contributed by atoms with Gasteiger partial charge < -0.3 is 19.6 Å². The van der Waals surface area contributed by atoms with Crippen molar-refractivity contribution in [3.05, 3.63) is 90.4 Å². The van der Waals surface area contributed by atoms with E-state index < -0.39 is 35.3 Å². The van der Waals surface area contributed by atoms with Crippen LogP contribution < -0.4 is 9.64 Å². The number of nitriles is 1. The number of piperazine rings is 1. The Kier molecular flexibility index (Phi) is 9.02. The van der Waals surface area contributed by atoms with E-state index in [1.165, 1.54) is 36.5 Å². The number of phenols is 1. The van der Waals surface area contributed by atoms with Gasteiger partial charge in [-0.25, -0.2) is 13.2 Å². The summed E-state index contributed by atoms with van der Waals surface area (Å²) in [5.74, 6) is 0.0510. The summed E-state index contributed by atoms with van der Waals surface area (Å²) in [4.78, 5) is 36.6. The molecule has 14 heteroatoms. The summed E-state index contributed by atoms with van der Waals surface area (Å²) >= 11 is 0. The van der Waals surface area contributed by atoms with E-state index in [1.807, 2.05) is 28.9 Å². The molecular formula is C41H35F3N8O3. The van der Waals surface area contributed by atoms with Crippen molar-refractivity contribution in [2.75, 3.05) is 31.1 Å². The van der Waals surface area contributed by atoms with Gasteiger partial charge in [0.2, 0.25) is 5.91 Å². The fourth-order valence-electron chi connectivity index (χ4n) is 8.43. The number of ether oxygens (including phenoxy) is 1. The number of carbonyl (C=O) groups excluding carboxylic acids is 1. The fourth-order valence-corrected chi connectivity index (χ4v) is 8.43. The molecule has 0 radical (unpaired) electrons. The van der Waals surface area contributed by atoms with Crippen molar-refractivity contribution < 1.29 is 27.8 Å². The zero-order valence-electron chi connectivity index (χ0n) is 29.8. The molecule has 1 unspecified atom stereocenters. The molecule has 278 valence electrons. The van der Waals surface area contributed by atoms with Gasteiger partial charge in [0.1, 0.15) is 41.4 Å². The number of nitrogens with zero attached hydrogens (tertiary/aromatic N) is 8. The van der Waals surface area contributed by atoms with E-state index in [0.29, 0.717) is 18.4 Å². The summed E-state index contributed by atoms with van der Waals surface area (Å²) in [6, 6.07) is 12.1. The van der Waals surface area contributed by atoms with Crippen molar-refractivity contribution in [1.29, 1.82) is 5.26 Å². The lowest BCUT2D eigenvalue weighted by Gasteiger charge is -2.41. The maximum atomic E-state index is 17.1. The number of pyridine rings is 2. The molecule has 5 aromatic rings. The van der Waals surface area contributed by atoms with Crippen molar-refractivity contribution in [3.63, 3.8) is 0 Å².